The first kappa shape index (κ1) is 30.3. The van der Waals surface area contributed by atoms with Crippen LogP contribution < -0.4 is 14.2 Å². The number of benzene rings is 3. The van der Waals surface area contributed by atoms with Gasteiger partial charge in [0.25, 0.3) is 15.9 Å². The summed E-state index contributed by atoms with van der Waals surface area (Å²) < 4.78 is 53.2. The number of methoxy groups -OCH3 is 1. The zero-order chi connectivity index (χ0) is 29.7. The van der Waals surface area contributed by atoms with E-state index in [1.807, 2.05) is 38.2 Å². The first-order valence-corrected chi connectivity index (χ1v) is 14.8. The second-order valence-corrected chi connectivity index (χ2v) is 12.1. The van der Waals surface area contributed by atoms with Gasteiger partial charge in [-0.25, -0.2) is 12.8 Å². The molecule has 0 spiro atoms. The van der Waals surface area contributed by atoms with Crippen molar-refractivity contribution in [3.63, 3.8) is 0 Å². The molecule has 9 nitrogen and oxygen atoms in total. The Morgan fingerprint density at radius 2 is 1.83 bits per heavy atom. The highest BCUT2D eigenvalue weighted by molar-refractivity contribution is 7.92. The van der Waals surface area contributed by atoms with Gasteiger partial charge in [0.1, 0.15) is 23.4 Å². The normalized spacial score (nSPS) is 18.2. The average Bonchev–Trinajstić information content (AvgIpc) is 2.95. The van der Waals surface area contributed by atoms with Gasteiger partial charge in [-0.15, -0.1) is 0 Å². The van der Waals surface area contributed by atoms with Gasteiger partial charge in [-0.05, 0) is 74.1 Å². The molecule has 0 saturated carbocycles. The molecule has 0 saturated heterocycles. The molecule has 3 aromatic carbocycles. The van der Waals surface area contributed by atoms with Gasteiger partial charge in [-0.3, -0.25) is 14.4 Å². The van der Waals surface area contributed by atoms with Gasteiger partial charge in [-0.1, -0.05) is 19.1 Å². The molecule has 0 fully saturated rings. The Hall–Kier alpha value is -3.67. The molecular weight excluding hydrogens is 549 g/mol. The largest absolute Gasteiger partial charge is 0.497 e. The first-order valence-electron chi connectivity index (χ1n) is 13.3. The lowest BCUT2D eigenvalue weighted by Gasteiger charge is -2.38. The standard InChI is InChI=1S/C30H36FN3O6S/c1-20-16-34(21(2)19-35)30(36)27-15-24(32-41(37,38)26-12-7-23(31)8-13-26)9-14-28(27)40-29(20)18-33(3)17-22-5-10-25(39-4)11-6-22/h5-15,20-21,29,32,35H,16-19H2,1-4H3/t20-,21-,29-/m1/s1. The quantitative estimate of drug-likeness (QED) is 0.371. The summed E-state index contributed by atoms with van der Waals surface area (Å²) >= 11 is 0. The van der Waals surface area contributed by atoms with Crippen molar-refractivity contribution in [3.05, 3.63) is 83.7 Å². The van der Waals surface area contributed by atoms with Crippen LogP contribution in [0.25, 0.3) is 0 Å². The smallest absolute Gasteiger partial charge is 0.261 e. The number of hydrogen-bond acceptors (Lipinski definition) is 7. The molecule has 3 aromatic rings. The van der Waals surface area contributed by atoms with Gasteiger partial charge in [0, 0.05) is 31.2 Å². The number of anilines is 1. The molecule has 0 aliphatic carbocycles. The SMILES string of the molecule is COc1ccc(CN(C)C[C@H]2Oc3ccc(NS(=O)(=O)c4ccc(F)cc4)cc3C(=O)N([C@H](C)CO)C[C@H]2C)cc1. The van der Waals surface area contributed by atoms with Crippen LogP contribution in [0.15, 0.2) is 71.6 Å². The van der Waals surface area contributed by atoms with Crippen LogP contribution >= 0.6 is 0 Å². The van der Waals surface area contributed by atoms with E-state index in [1.165, 1.54) is 24.3 Å². The van der Waals surface area contributed by atoms with Crippen LogP contribution in [0.3, 0.4) is 0 Å². The van der Waals surface area contributed by atoms with Crippen molar-refractivity contribution in [1.82, 2.24) is 9.80 Å². The third kappa shape index (κ3) is 7.35. The summed E-state index contributed by atoms with van der Waals surface area (Å²) in [6.45, 7) is 5.11. The molecule has 1 aliphatic rings. The number of rotatable bonds is 10. The maximum atomic E-state index is 13.7. The number of carbonyl (C=O) groups excluding carboxylic acids is 1. The molecule has 220 valence electrons. The van der Waals surface area contributed by atoms with Gasteiger partial charge < -0.3 is 19.5 Å². The summed E-state index contributed by atoms with van der Waals surface area (Å²) in [7, 11) is -0.412. The summed E-state index contributed by atoms with van der Waals surface area (Å²) in [5.41, 5.74) is 1.44. The number of ether oxygens (including phenoxy) is 2. The Morgan fingerprint density at radius 3 is 2.46 bits per heavy atom. The van der Waals surface area contributed by atoms with E-state index in [9.17, 15) is 22.7 Å². The van der Waals surface area contributed by atoms with E-state index >= 15 is 0 Å². The highest BCUT2D eigenvalue weighted by atomic mass is 32.2. The van der Waals surface area contributed by atoms with E-state index in [1.54, 1.807) is 25.0 Å². The topological polar surface area (TPSA) is 108 Å². The van der Waals surface area contributed by atoms with E-state index < -0.39 is 21.9 Å². The fourth-order valence-corrected chi connectivity index (χ4v) is 5.80. The Bertz CT molecular complexity index is 1450. The Morgan fingerprint density at radius 1 is 1.15 bits per heavy atom. The molecule has 0 bridgehead atoms. The summed E-state index contributed by atoms with van der Waals surface area (Å²) in [5, 5.41) is 9.91. The fraction of sp³-hybridized carbons (Fsp3) is 0.367. The van der Waals surface area contributed by atoms with Crippen LogP contribution in [0.1, 0.15) is 29.8 Å². The predicted molar refractivity (Wildman–Crippen MR) is 154 cm³/mol. The van der Waals surface area contributed by atoms with Crippen LogP contribution in [0.5, 0.6) is 11.5 Å². The number of sulfonamides is 1. The van der Waals surface area contributed by atoms with Crippen molar-refractivity contribution in [2.24, 2.45) is 5.92 Å². The molecule has 0 radical (unpaired) electrons. The lowest BCUT2D eigenvalue weighted by atomic mass is 9.99. The van der Waals surface area contributed by atoms with E-state index in [0.29, 0.717) is 25.4 Å². The molecule has 1 aliphatic heterocycles. The molecule has 41 heavy (non-hydrogen) atoms. The maximum absolute atomic E-state index is 13.7. The molecule has 4 rings (SSSR count). The van der Waals surface area contributed by atoms with Gasteiger partial charge in [-0.2, -0.15) is 0 Å². The van der Waals surface area contributed by atoms with Crippen molar-refractivity contribution in [3.8, 4) is 11.5 Å². The third-order valence-electron chi connectivity index (χ3n) is 7.14. The number of carbonyl (C=O) groups is 1. The number of hydrogen-bond donors (Lipinski definition) is 2. The molecule has 3 atom stereocenters. The number of likely N-dealkylation sites (N-methyl/N-ethyl adjacent to an activating group) is 1. The van der Waals surface area contributed by atoms with Crippen molar-refractivity contribution in [2.75, 3.05) is 38.6 Å². The number of aliphatic hydroxyl groups excluding tert-OH is 1. The Labute approximate surface area is 240 Å². The number of aliphatic hydroxyl groups is 1. The van der Waals surface area contributed by atoms with Gasteiger partial charge >= 0.3 is 0 Å². The Kier molecular flexibility index (Phi) is 9.52. The molecule has 2 N–H and O–H groups in total. The van der Waals surface area contributed by atoms with Crippen LogP contribution in [0.4, 0.5) is 10.1 Å². The summed E-state index contributed by atoms with van der Waals surface area (Å²) in [6.07, 6.45) is -0.305. The summed E-state index contributed by atoms with van der Waals surface area (Å²) in [5.74, 6) is 0.109. The highest BCUT2D eigenvalue weighted by Crippen LogP contribution is 2.31. The lowest BCUT2D eigenvalue weighted by molar-refractivity contribution is 0.0341. The maximum Gasteiger partial charge on any atom is 0.261 e. The molecule has 1 amide bonds. The van der Waals surface area contributed by atoms with Gasteiger partial charge in [0.15, 0.2) is 0 Å². The molecular formula is C30H36FN3O6S. The molecule has 0 unspecified atom stereocenters. The lowest BCUT2D eigenvalue weighted by Crippen LogP contribution is -2.49. The number of nitrogens with one attached hydrogen (secondary N) is 1. The zero-order valence-corrected chi connectivity index (χ0v) is 24.4. The minimum absolute atomic E-state index is 0.0731. The molecule has 1 heterocycles. The van der Waals surface area contributed by atoms with Crippen LogP contribution in [-0.2, 0) is 16.6 Å². The van der Waals surface area contributed by atoms with E-state index in [0.717, 1.165) is 23.4 Å². The minimum Gasteiger partial charge on any atom is -0.497 e. The summed E-state index contributed by atoms with van der Waals surface area (Å²) in [6, 6.07) is 16.4. The van der Waals surface area contributed by atoms with Crippen molar-refractivity contribution >= 4 is 21.6 Å². The highest BCUT2D eigenvalue weighted by Gasteiger charge is 2.33. The fourth-order valence-electron chi connectivity index (χ4n) is 4.75. The third-order valence-corrected chi connectivity index (χ3v) is 8.54. The minimum atomic E-state index is -4.03. The van der Waals surface area contributed by atoms with Crippen LogP contribution in [0.2, 0.25) is 0 Å². The van der Waals surface area contributed by atoms with Gasteiger partial charge in [0.2, 0.25) is 0 Å². The second-order valence-electron chi connectivity index (χ2n) is 10.4. The zero-order valence-electron chi connectivity index (χ0n) is 23.6. The summed E-state index contributed by atoms with van der Waals surface area (Å²) in [4.78, 5) is 17.3. The average molecular weight is 586 g/mol. The van der Waals surface area contributed by atoms with Crippen LogP contribution in [-0.4, -0.2) is 75.2 Å². The number of nitrogens with zero attached hydrogens (tertiary/aromatic N) is 2. The van der Waals surface area contributed by atoms with E-state index in [4.69, 9.17) is 9.47 Å². The van der Waals surface area contributed by atoms with Crippen molar-refractivity contribution < 1.29 is 32.2 Å². The molecule has 11 heteroatoms. The number of amides is 1. The van der Waals surface area contributed by atoms with Crippen LogP contribution in [0, 0.1) is 11.7 Å². The Balaban J connectivity index is 1.61. The van der Waals surface area contributed by atoms with Gasteiger partial charge in [0.05, 0.1) is 30.2 Å². The van der Waals surface area contributed by atoms with E-state index in [2.05, 4.69) is 9.62 Å². The number of halogens is 1. The monoisotopic (exact) mass is 585 g/mol. The van der Waals surface area contributed by atoms with Crippen molar-refractivity contribution in [2.45, 2.75) is 37.4 Å². The predicted octanol–water partition coefficient (Wildman–Crippen LogP) is 3.99. The molecule has 0 aromatic heterocycles. The number of fused-ring (bicyclic) bond motifs is 1. The van der Waals surface area contributed by atoms with E-state index in [-0.39, 0.29) is 40.7 Å². The second kappa shape index (κ2) is 12.9. The van der Waals surface area contributed by atoms with Crippen molar-refractivity contribution in [1.29, 1.82) is 0 Å². The first-order chi connectivity index (χ1) is 19.5.